The first-order chi connectivity index (χ1) is 10.3. The lowest BCUT2D eigenvalue weighted by Crippen LogP contribution is -2.06. The number of fused-ring (bicyclic) bond motifs is 1. The van der Waals surface area contributed by atoms with Crippen molar-refractivity contribution in [1.82, 2.24) is 0 Å². The highest BCUT2D eigenvalue weighted by molar-refractivity contribution is 7.19. The van der Waals surface area contributed by atoms with Crippen LogP contribution in [-0.2, 0) is 6.42 Å². The van der Waals surface area contributed by atoms with E-state index in [-0.39, 0.29) is 0 Å². The number of hydrogen-bond donors (Lipinski definition) is 1. The van der Waals surface area contributed by atoms with Crippen LogP contribution in [0.25, 0.3) is 10.1 Å². The van der Waals surface area contributed by atoms with Gasteiger partial charge in [0, 0.05) is 15.3 Å². The number of rotatable bonds is 5. The molecule has 0 spiro atoms. The number of anilines is 1. The minimum Gasteiger partial charge on any atom is -0.377 e. The number of hydrogen-bond acceptors (Lipinski definition) is 2. The molecular formula is C19H21NS. The molecule has 0 bridgehead atoms. The molecule has 21 heavy (non-hydrogen) atoms. The van der Waals surface area contributed by atoms with Crippen LogP contribution >= 0.6 is 11.3 Å². The van der Waals surface area contributed by atoms with Crippen molar-refractivity contribution in [2.24, 2.45) is 0 Å². The second-order valence-corrected chi connectivity index (χ2v) is 6.58. The van der Waals surface area contributed by atoms with E-state index < -0.39 is 0 Å². The van der Waals surface area contributed by atoms with Crippen molar-refractivity contribution in [3.8, 4) is 0 Å². The summed E-state index contributed by atoms with van der Waals surface area (Å²) in [5.74, 6) is 0. The first-order valence-electron chi connectivity index (χ1n) is 7.61. The fourth-order valence-electron chi connectivity index (χ4n) is 2.67. The number of para-hydroxylation sites is 1. The fourth-order valence-corrected chi connectivity index (χ4v) is 3.74. The van der Waals surface area contributed by atoms with Gasteiger partial charge in [0.15, 0.2) is 0 Å². The van der Waals surface area contributed by atoms with Crippen molar-refractivity contribution in [2.75, 3.05) is 5.32 Å². The molecule has 0 saturated carbocycles. The van der Waals surface area contributed by atoms with Gasteiger partial charge in [0.05, 0.1) is 6.04 Å². The van der Waals surface area contributed by atoms with Gasteiger partial charge < -0.3 is 5.32 Å². The summed E-state index contributed by atoms with van der Waals surface area (Å²) in [6.07, 6.45) is 2.30. The molecule has 0 radical (unpaired) electrons. The molecule has 1 nitrogen and oxygen atoms in total. The number of thiophene rings is 1. The monoisotopic (exact) mass is 295 g/mol. The summed E-state index contributed by atoms with van der Waals surface area (Å²) >= 11 is 1.88. The molecular weight excluding hydrogens is 274 g/mol. The van der Waals surface area contributed by atoms with Crippen molar-refractivity contribution in [2.45, 2.75) is 32.7 Å². The van der Waals surface area contributed by atoms with Crippen LogP contribution in [0.5, 0.6) is 0 Å². The minimum absolute atomic E-state index is 0.334. The molecule has 1 atom stereocenters. The van der Waals surface area contributed by atoms with Gasteiger partial charge in [-0.2, -0.15) is 0 Å². The lowest BCUT2D eigenvalue weighted by atomic mass is 10.1. The molecule has 0 aliphatic rings. The minimum atomic E-state index is 0.334. The van der Waals surface area contributed by atoms with Crippen molar-refractivity contribution in [1.29, 1.82) is 0 Å². The van der Waals surface area contributed by atoms with Gasteiger partial charge in [0.2, 0.25) is 0 Å². The van der Waals surface area contributed by atoms with E-state index in [1.165, 1.54) is 32.6 Å². The molecule has 0 fully saturated rings. The quantitative estimate of drug-likeness (QED) is 0.606. The zero-order valence-electron chi connectivity index (χ0n) is 12.6. The van der Waals surface area contributed by atoms with E-state index in [0.717, 1.165) is 6.42 Å². The Morgan fingerprint density at radius 1 is 1.05 bits per heavy atom. The summed E-state index contributed by atoms with van der Waals surface area (Å²) in [5, 5.41) is 5.02. The number of benzene rings is 2. The highest BCUT2D eigenvalue weighted by Gasteiger charge is 2.11. The summed E-state index contributed by atoms with van der Waals surface area (Å²) in [6.45, 7) is 4.47. The van der Waals surface area contributed by atoms with E-state index >= 15 is 0 Å². The lowest BCUT2D eigenvalue weighted by molar-refractivity contribution is 0.883. The van der Waals surface area contributed by atoms with Crippen LogP contribution in [0.3, 0.4) is 0 Å². The van der Waals surface area contributed by atoms with Gasteiger partial charge in [-0.25, -0.2) is 0 Å². The van der Waals surface area contributed by atoms with Crippen LogP contribution in [0.15, 0.2) is 54.6 Å². The largest absolute Gasteiger partial charge is 0.377 e. The summed E-state index contributed by atoms with van der Waals surface area (Å²) < 4.78 is 1.36. The maximum atomic E-state index is 3.68. The Bertz CT molecular complexity index is 696. The summed E-state index contributed by atoms with van der Waals surface area (Å²) in [4.78, 5) is 1.39. The molecule has 0 amide bonds. The summed E-state index contributed by atoms with van der Waals surface area (Å²) in [5.41, 5.74) is 2.68. The molecule has 3 aromatic rings. The molecule has 1 aromatic heterocycles. The molecule has 1 N–H and O–H groups in total. The van der Waals surface area contributed by atoms with E-state index in [9.17, 15) is 0 Å². The van der Waals surface area contributed by atoms with E-state index in [4.69, 9.17) is 0 Å². The smallest absolute Gasteiger partial charge is 0.0579 e. The topological polar surface area (TPSA) is 12.0 Å². The molecule has 108 valence electrons. The molecule has 1 heterocycles. The molecule has 0 saturated heterocycles. The standard InChI is InChI=1S/C19H21NS/c1-3-8-15-9-4-6-11-17(15)20-14(2)19-13-16-10-5-7-12-18(16)21-19/h4-7,9-14,20H,3,8H2,1-2H3. The van der Waals surface area contributed by atoms with Crippen LogP contribution < -0.4 is 5.32 Å². The van der Waals surface area contributed by atoms with Gasteiger partial charge in [-0.1, -0.05) is 49.7 Å². The van der Waals surface area contributed by atoms with Crippen molar-refractivity contribution in [3.63, 3.8) is 0 Å². The Balaban J connectivity index is 1.84. The van der Waals surface area contributed by atoms with Gasteiger partial charge >= 0.3 is 0 Å². The Morgan fingerprint density at radius 2 is 1.81 bits per heavy atom. The Kier molecular flexibility index (Phi) is 4.26. The first kappa shape index (κ1) is 14.2. The molecule has 2 heteroatoms. The van der Waals surface area contributed by atoms with E-state index in [0.29, 0.717) is 6.04 Å². The zero-order chi connectivity index (χ0) is 14.7. The first-order valence-corrected chi connectivity index (χ1v) is 8.42. The summed E-state index contributed by atoms with van der Waals surface area (Å²) in [7, 11) is 0. The third kappa shape index (κ3) is 3.11. The Hall–Kier alpha value is -1.80. The van der Waals surface area contributed by atoms with Crippen molar-refractivity contribution < 1.29 is 0 Å². The van der Waals surface area contributed by atoms with Crippen LogP contribution in [-0.4, -0.2) is 0 Å². The Morgan fingerprint density at radius 3 is 2.62 bits per heavy atom. The SMILES string of the molecule is CCCc1ccccc1NC(C)c1cc2ccccc2s1. The fraction of sp³-hybridized carbons (Fsp3) is 0.263. The van der Waals surface area contributed by atoms with Crippen molar-refractivity contribution >= 4 is 27.1 Å². The molecule has 2 aromatic carbocycles. The second-order valence-electron chi connectivity index (χ2n) is 5.46. The Labute approximate surface area is 130 Å². The maximum absolute atomic E-state index is 3.68. The maximum Gasteiger partial charge on any atom is 0.0579 e. The highest BCUT2D eigenvalue weighted by atomic mass is 32.1. The molecule has 3 rings (SSSR count). The van der Waals surface area contributed by atoms with Crippen molar-refractivity contribution in [3.05, 3.63) is 65.0 Å². The molecule has 0 aliphatic heterocycles. The normalized spacial score (nSPS) is 12.5. The number of aryl methyl sites for hydroxylation is 1. The molecule has 1 unspecified atom stereocenters. The van der Waals surface area contributed by atoms with Crippen LogP contribution in [0, 0.1) is 0 Å². The zero-order valence-corrected chi connectivity index (χ0v) is 13.4. The predicted octanol–water partition coefficient (Wildman–Crippen LogP) is 6.03. The third-order valence-corrected chi connectivity index (χ3v) is 5.08. The van der Waals surface area contributed by atoms with Crippen LogP contribution in [0.2, 0.25) is 0 Å². The van der Waals surface area contributed by atoms with E-state index in [1.54, 1.807) is 0 Å². The van der Waals surface area contributed by atoms with Crippen LogP contribution in [0.1, 0.15) is 36.8 Å². The van der Waals surface area contributed by atoms with Gasteiger partial charge in [0.25, 0.3) is 0 Å². The van der Waals surface area contributed by atoms with Gasteiger partial charge in [-0.05, 0) is 42.5 Å². The summed E-state index contributed by atoms with van der Waals surface area (Å²) in [6, 6.07) is 19.9. The van der Waals surface area contributed by atoms with Gasteiger partial charge in [-0.3, -0.25) is 0 Å². The molecule has 0 aliphatic carbocycles. The number of nitrogens with one attached hydrogen (secondary N) is 1. The second kappa shape index (κ2) is 6.31. The third-order valence-electron chi connectivity index (χ3n) is 3.78. The predicted molar refractivity (Wildman–Crippen MR) is 94.3 cm³/mol. The van der Waals surface area contributed by atoms with Gasteiger partial charge in [-0.15, -0.1) is 11.3 Å². The van der Waals surface area contributed by atoms with Crippen LogP contribution in [0.4, 0.5) is 5.69 Å². The average molecular weight is 295 g/mol. The van der Waals surface area contributed by atoms with E-state index in [1.807, 2.05) is 11.3 Å². The average Bonchev–Trinajstić information content (AvgIpc) is 2.93. The van der Waals surface area contributed by atoms with Gasteiger partial charge in [0.1, 0.15) is 0 Å². The van der Waals surface area contributed by atoms with E-state index in [2.05, 4.69) is 73.8 Å². The lowest BCUT2D eigenvalue weighted by Gasteiger charge is -2.17. The highest BCUT2D eigenvalue weighted by Crippen LogP contribution is 2.32.